The Balaban J connectivity index is 1.21. The molecule has 4 aliphatic heterocycles. The summed E-state index contributed by atoms with van der Waals surface area (Å²) in [6.45, 7) is 4.09. The highest BCUT2D eigenvalue weighted by Crippen LogP contribution is 2.33. The maximum absolute atomic E-state index is 13.5. The lowest BCUT2D eigenvalue weighted by Gasteiger charge is -2.39. The molecule has 0 bridgehead atoms. The van der Waals surface area contributed by atoms with Crippen LogP contribution >= 0.6 is 0 Å². The number of nitrogens with one attached hydrogen (secondary N) is 1. The second kappa shape index (κ2) is 8.83. The van der Waals surface area contributed by atoms with E-state index in [-0.39, 0.29) is 30.0 Å². The van der Waals surface area contributed by atoms with Crippen molar-refractivity contribution in [2.24, 2.45) is 0 Å². The quantitative estimate of drug-likeness (QED) is 0.722. The maximum Gasteiger partial charge on any atom is 0.325 e. The summed E-state index contributed by atoms with van der Waals surface area (Å²) in [5.41, 5.74) is 0.454. The number of likely N-dealkylation sites (tertiary alicyclic amines) is 2. The highest BCUT2D eigenvalue weighted by Gasteiger charge is 2.54. The molecule has 0 saturated carbocycles. The Morgan fingerprint density at radius 3 is 2.56 bits per heavy atom. The number of hydrogen-bond acceptors (Lipinski definition) is 5. The van der Waals surface area contributed by atoms with Gasteiger partial charge in [-0.25, -0.2) is 4.79 Å². The summed E-state index contributed by atoms with van der Waals surface area (Å²) in [5.74, 6) is -0.110. The number of rotatable bonds is 4. The molecule has 0 unspecified atom stereocenters. The second-order valence-electron chi connectivity index (χ2n) is 9.53. The highest BCUT2D eigenvalue weighted by atomic mass is 16.5. The van der Waals surface area contributed by atoms with Gasteiger partial charge >= 0.3 is 6.03 Å². The molecule has 4 heterocycles. The van der Waals surface area contributed by atoms with Gasteiger partial charge in [0.05, 0.1) is 6.04 Å². The Kier molecular flexibility index (Phi) is 5.90. The molecule has 5 rings (SSSR count). The van der Waals surface area contributed by atoms with E-state index in [1.54, 1.807) is 4.90 Å². The van der Waals surface area contributed by atoms with Gasteiger partial charge in [0.25, 0.3) is 11.8 Å². The standard InChI is InChI=1S/C24H32N4O4/c29-21(20-9-5-15-32-20)27-12-4-8-19(17-27)28-22(30)24(25-23(28)31)10-13-26(14-11-24)16-18-6-2-1-3-7-18/h1-3,6-7,19-20H,4-5,8-17H2,(H,25,31)/t19-,20-/m0/s1. The van der Waals surface area contributed by atoms with Gasteiger partial charge in [0.1, 0.15) is 11.6 Å². The van der Waals surface area contributed by atoms with Gasteiger partial charge in [0, 0.05) is 39.3 Å². The molecule has 4 fully saturated rings. The maximum atomic E-state index is 13.5. The third-order valence-corrected chi connectivity index (χ3v) is 7.43. The topological polar surface area (TPSA) is 82.2 Å². The Labute approximate surface area is 188 Å². The van der Waals surface area contributed by atoms with E-state index >= 15 is 0 Å². The normalized spacial score (nSPS) is 28.4. The number of benzene rings is 1. The van der Waals surface area contributed by atoms with E-state index in [4.69, 9.17) is 4.74 Å². The average molecular weight is 441 g/mol. The highest BCUT2D eigenvalue weighted by molar-refractivity contribution is 6.07. The van der Waals surface area contributed by atoms with Gasteiger partial charge in [-0.3, -0.25) is 19.4 Å². The molecule has 32 heavy (non-hydrogen) atoms. The molecule has 8 nitrogen and oxygen atoms in total. The summed E-state index contributed by atoms with van der Waals surface area (Å²) in [6, 6.07) is 9.75. The van der Waals surface area contributed by atoms with Crippen LogP contribution in [0.25, 0.3) is 0 Å². The van der Waals surface area contributed by atoms with Crippen LogP contribution in [-0.4, -0.2) is 83.0 Å². The number of urea groups is 1. The van der Waals surface area contributed by atoms with Crippen LogP contribution in [0.3, 0.4) is 0 Å². The van der Waals surface area contributed by atoms with Gasteiger partial charge in [-0.2, -0.15) is 0 Å². The second-order valence-corrected chi connectivity index (χ2v) is 9.53. The fraction of sp³-hybridized carbons (Fsp3) is 0.625. The van der Waals surface area contributed by atoms with E-state index in [1.165, 1.54) is 10.5 Å². The summed E-state index contributed by atoms with van der Waals surface area (Å²) in [6.07, 6.45) is 4.06. The van der Waals surface area contributed by atoms with E-state index in [0.29, 0.717) is 32.5 Å². The van der Waals surface area contributed by atoms with Gasteiger partial charge in [-0.1, -0.05) is 30.3 Å². The van der Waals surface area contributed by atoms with Crippen molar-refractivity contribution in [3.63, 3.8) is 0 Å². The molecule has 0 aromatic heterocycles. The minimum Gasteiger partial charge on any atom is -0.368 e. The molecule has 8 heteroatoms. The van der Waals surface area contributed by atoms with Crippen molar-refractivity contribution in [3.8, 4) is 0 Å². The van der Waals surface area contributed by atoms with Crippen molar-refractivity contribution in [3.05, 3.63) is 35.9 Å². The molecule has 4 saturated heterocycles. The molecule has 172 valence electrons. The van der Waals surface area contributed by atoms with Crippen LogP contribution < -0.4 is 5.32 Å². The van der Waals surface area contributed by atoms with Crippen LogP contribution in [0.2, 0.25) is 0 Å². The zero-order chi connectivity index (χ0) is 22.1. The van der Waals surface area contributed by atoms with Crippen LogP contribution in [0.1, 0.15) is 44.1 Å². The number of imide groups is 1. The number of carbonyl (C=O) groups excluding carboxylic acids is 3. The number of nitrogens with zero attached hydrogens (tertiary/aromatic N) is 3. The van der Waals surface area contributed by atoms with Crippen molar-refractivity contribution in [1.82, 2.24) is 20.0 Å². The summed E-state index contributed by atoms with van der Waals surface area (Å²) < 4.78 is 5.56. The first-order valence-corrected chi connectivity index (χ1v) is 11.9. The lowest BCUT2D eigenvalue weighted by atomic mass is 9.87. The monoisotopic (exact) mass is 440 g/mol. The molecule has 1 aromatic carbocycles. The van der Waals surface area contributed by atoms with Crippen LogP contribution in [0.4, 0.5) is 4.79 Å². The zero-order valence-corrected chi connectivity index (χ0v) is 18.5. The van der Waals surface area contributed by atoms with Gasteiger partial charge in [-0.15, -0.1) is 0 Å². The van der Waals surface area contributed by atoms with Crippen LogP contribution in [0, 0.1) is 0 Å². The number of amides is 4. The lowest BCUT2D eigenvalue weighted by molar-refractivity contribution is -0.145. The van der Waals surface area contributed by atoms with E-state index in [0.717, 1.165) is 45.3 Å². The summed E-state index contributed by atoms with van der Waals surface area (Å²) in [5, 5.41) is 3.03. The minimum atomic E-state index is -0.800. The minimum absolute atomic E-state index is 0.00295. The van der Waals surface area contributed by atoms with E-state index in [2.05, 4.69) is 22.3 Å². The van der Waals surface area contributed by atoms with E-state index < -0.39 is 5.54 Å². The number of carbonyl (C=O) groups is 3. The van der Waals surface area contributed by atoms with Crippen molar-refractivity contribution in [2.75, 3.05) is 32.8 Å². The molecule has 1 aromatic rings. The fourth-order valence-electron chi connectivity index (χ4n) is 5.59. The SMILES string of the molecule is O=C([C@@H]1CCCO1)N1CCC[C@H](N2C(=O)NC3(CCN(Cc4ccccc4)CC3)C2=O)C1. The van der Waals surface area contributed by atoms with Gasteiger partial charge in [0.2, 0.25) is 0 Å². The van der Waals surface area contributed by atoms with Crippen molar-refractivity contribution in [1.29, 1.82) is 0 Å². The van der Waals surface area contributed by atoms with Crippen LogP contribution in [-0.2, 0) is 20.9 Å². The first kappa shape index (κ1) is 21.4. The van der Waals surface area contributed by atoms with Crippen LogP contribution in [0.15, 0.2) is 30.3 Å². The lowest BCUT2D eigenvalue weighted by Crippen LogP contribution is -2.56. The number of hydrogen-bond donors (Lipinski definition) is 1. The Morgan fingerprint density at radius 1 is 1.06 bits per heavy atom. The predicted octanol–water partition coefficient (Wildman–Crippen LogP) is 1.74. The smallest absolute Gasteiger partial charge is 0.325 e. The first-order chi connectivity index (χ1) is 15.6. The third kappa shape index (κ3) is 4.01. The molecule has 1 spiro atoms. The molecule has 4 amide bonds. The van der Waals surface area contributed by atoms with E-state index in [1.807, 2.05) is 18.2 Å². The van der Waals surface area contributed by atoms with Gasteiger partial charge in [-0.05, 0) is 44.1 Å². The van der Waals surface area contributed by atoms with Crippen molar-refractivity contribution >= 4 is 17.8 Å². The largest absolute Gasteiger partial charge is 0.368 e. The number of piperidine rings is 2. The van der Waals surface area contributed by atoms with Gasteiger partial charge in [0.15, 0.2) is 0 Å². The molecule has 0 radical (unpaired) electrons. The van der Waals surface area contributed by atoms with Crippen molar-refractivity contribution < 1.29 is 19.1 Å². The zero-order valence-electron chi connectivity index (χ0n) is 18.5. The van der Waals surface area contributed by atoms with Crippen LogP contribution in [0.5, 0.6) is 0 Å². The number of ether oxygens (including phenoxy) is 1. The molecule has 2 atom stereocenters. The van der Waals surface area contributed by atoms with Gasteiger partial charge < -0.3 is 15.0 Å². The summed E-state index contributed by atoms with van der Waals surface area (Å²) in [4.78, 5) is 44.7. The molecule has 4 aliphatic rings. The molecule has 1 N–H and O–H groups in total. The molecule has 0 aliphatic carbocycles. The van der Waals surface area contributed by atoms with Crippen molar-refractivity contribution in [2.45, 2.75) is 62.8 Å². The summed E-state index contributed by atoms with van der Waals surface area (Å²) in [7, 11) is 0. The molecular weight excluding hydrogens is 408 g/mol. The summed E-state index contributed by atoms with van der Waals surface area (Å²) >= 11 is 0. The first-order valence-electron chi connectivity index (χ1n) is 11.9. The average Bonchev–Trinajstić information content (AvgIpc) is 3.43. The Morgan fingerprint density at radius 2 is 1.84 bits per heavy atom. The molecular formula is C24H32N4O4. The predicted molar refractivity (Wildman–Crippen MR) is 118 cm³/mol. The Bertz CT molecular complexity index is 862. The fourth-order valence-corrected chi connectivity index (χ4v) is 5.59. The van der Waals surface area contributed by atoms with E-state index in [9.17, 15) is 14.4 Å². The third-order valence-electron chi connectivity index (χ3n) is 7.43. The Hall–Kier alpha value is -2.45.